The zero-order chi connectivity index (χ0) is 14.5. The first-order chi connectivity index (χ1) is 9.54. The van der Waals surface area contributed by atoms with Gasteiger partial charge in [0.25, 0.3) is 5.91 Å². The Balaban J connectivity index is 1.90. The maximum Gasteiger partial charge on any atom is 0.262 e. The molecule has 0 saturated heterocycles. The number of aryl methyl sites for hydroxylation is 1. The molecule has 1 amide bonds. The zero-order valence-corrected chi connectivity index (χ0v) is 12.3. The van der Waals surface area contributed by atoms with Gasteiger partial charge in [0.05, 0.1) is 10.7 Å². The fraction of sp³-hybridized carbons (Fsp3) is 0.133. The van der Waals surface area contributed by atoms with Gasteiger partial charge < -0.3 is 10.1 Å². The van der Waals surface area contributed by atoms with Crippen LogP contribution in [-0.2, 0) is 4.79 Å². The molecule has 3 nitrogen and oxygen atoms in total. The summed E-state index contributed by atoms with van der Waals surface area (Å²) in [5.74, 6) is 0.310. The van der Waals surface area contributed by atoms with E-state index in [1.165, 1.54) is 0 Å². The highest BCUT2D eigenvalue weighted by atomic mass is 35.5. The van der Waals surface area contributed by atoms with Crippen molar-refractivity contribution in [3.8, 4) is 5.75 Å². The van der Waals surface area contributed by atoms with Crippen molar-refractivity contribution in [2.24, 2.45) is 0 Å². The van der Waals surface area contributed by atoms with E-state index in [0.29, 0.717) is 21.5 Å². The number of halogens is 2. The Labute approximate surface area is 127 Å². The lowest BCUT2D eigenvalue weighted by Gasteiger charge is -2.09. The van der Waals surface area contributed by atoms with Gasteiger partial charge in [0, 0.05) is 5.02 Å². The quantitative estimate of drug-likeness (QED) is 0.913. The van der Waals surface area contributed by atoms with Crippen molar-refractivity contribution in [2.75, 3.05) is 11.9 Å². The second-order valence-corrected chi connectivity index (χ2v) is 5.12. The molecule has 5 heteroatoms. The maximum absolute atomic E-state index is 11.8. The number of carbonyl (C=O) groups is 1. The van der Waals surface area contributed by atoms with Crippen LogP contribution in [0.15, 0.2) is 42.5 Å². The first-order valence-electron chi connectivity index (χ1n) is 5.99. The van der Waals surface area contributed by atoms with Gasteiger partial charge in [0.15, 0.2) is 6.61 Å². The van der Waals surface area contributed by atoms with Crippen LogP contribution in [-0.4, -0.2) is 12.5 Å². The van der Waals surface area contributed by atoms with Crippen LogP contribution < -0.4 is 10.1 Å². The highest BCUT2D eigenvalue weighted by molar-refractivity contribution is 6.33. The van der Waals surface area contributed by atoms with Crippen molar-refractivity contribution in [1.29, 1.82) is 0 Å². The van der Waals surface area contributed by atoms with Gasteiger partial charge in [0.1, 0.15) is 5.75 Å². The Hall–Kier alpha value is -1.71. The van der Waals surface area contributed by atoms with Crippen molar-refractivity contribution in [3.63, 3.8) is 0 Å². The third-order valence-corrected chi connectivity index (χ3v) is 3.15. The van der Waals surface area contributed by atoms with E-state index in [2.05, 4.69) is 5.32 Å². The molecule has 0 heterocycles. The standard InChI is InChI=1S/C15H13Cl2NO2/c1-10-2-7-14(13(17)8-10)18-15(19)9-20-12-5-3-11(16)4-6-12/h2-8H,9H2,1H3,(H,18,19). The van der Waals surface area contributed by atoms with E-state index in [1.54, 1.807) is 36.4 Å². The fourth-order valence-electron chi connectivity index (χ4n) is 1.59. The Bertz CT molecular complexity index is 612. The van der Waals surface area contributed by atoms with Gasteiger partial charge in [-0.25, -0.2) is 0 Å². The van der Waals surface area contributed by atoms with E-state index in [4.69, 9.17) is 27.9 Å². The number of hydrogen-bond donors (Lipinski definition) is 1. The Kier molecular flexibility index (Phi) is 4.88. The topological polar surface area (TPSA) is 38.3 Å². The SMILES string of the molecule is Cc1ccc(NC(=O)COc2ccc(Cl)cc2)c(Cl)c1. The number of rotatable bonds is 4. The first kappa shape index (κ1) is 14.7. The first-order valence-corrected chi connectivity index (χ1v) is 6.74. The van der Waals surface area contributed by atoms with E-state index in [9.17, 15) is 4.79 Å². The molecule has 0 saturated carbocycles. The average molecular weight is 310 g/mol. The molecule has 0 aliphatic heterocycles. The van der Waals surface area contributed by atoms with Crippen LogP contribution in [0.5, 0.6) is 5.75 Å². The Morgan fingerprint density at radius 3 is 2.50 bits per heavy atom. The summed E-state index contributed by atoms with van der Waals surface area (Å²) in [7, 11) is 0. The highest BCUT2D eigenvalue weighted by Crippen LogP contribution is 2.22. The molecule has 2 rings (SSSR count). The minimum Gasteiger partial charge on any atom is -0.484 e. The number of nitrogens with one attached hydrogen (secondary N) is 1. The smallest absolute Gasteiger partial charge is 0.262 e. The number of ether oxygens (including phenoxy) is 1. The molecule has 0 aliphatic carbocycles. The third kappa shape index (κ3) is 4.15. The van der Waals surface area contributed by atoms with Crippen LogP contribution in [0.2, 0.25) is 10.0 Å². The number of hydrogen-bond acceptors (Lipinski definition) is 2. The lowest BCUT2D eigenvalue weighted by atomic mass is 10.2. The van der Waals surface area contributed by atoms with Crippen LogP contribution in [0.25, 0.3) is 0 Å². The Morgan fingerprint density at radius 1 is 1.15 bits per heavy atom. The average Bonchev–Trinajstić information content (AvgIpc) is 2.41. The minimum atomic E-state index is -0.272. The highest BCUT2D eigenvalue weighted by Gasteiger charge is 2.07. The molecule has 0 unspecified atom stereocenters. The lowest BCUT2D eigenvalue weighted by Crippen LogP contribution is -2.20. The molecule has 0 fully saturated rings. The summed E-state index contributed by atoms with van der Waals surface area (Å²) in [6.45, 7) is 1.84. The van der Waals surface area contributed by atoms with Crippen LogP contribution >= 0.6 is 23.2 Å². The third-order valence-electron chi connectivity index (χ3n) is 2.58. The molecule has 2 aromatic rings. The number of benzene rings is 2. The molecular formula is C15H13Cl2NO2. The van der Waals surface area contributed by atoms with E-state index in [0.717, 1.165) is 5.56 Å². The number of carbonyl (C=O) groups excluding carboxylic acids is 1. The van der Waals surface area contributed by atoms with E-state index < -0.39 is 0 Å². The monoisotopic (exact) mass is 309 g/mol. The number of anilines is 1. The normalized spacial score (nSPS) is 10.2. The van der Waals surface area contributed by atoms with Crippen molar-refractivity contribution < 1.29 is 9.53 Å². The molecular weight excluding hydrogens is 297 g/mol. The van der Waals surface area contributed by atoms with E-state index >= 15 is 0 Å². The predicted molar refractivity (Wildman–Crippen MR) is 81.8 cm³/mol. The van der Waals surface area contributed by atoms with Crippen molar-refractivity contribution in [2.45, 2.75) is 6.92 Å². The van der Waals surface area contributed by atoms with E-state index in [-0.39, 0.29) is 12.5 Å². The largest absolute Gasteiger partial charge is 0.484 e. The second kappa shape index (κ2) is 6.64. The minimum absolute atomic E-state index is 0.0914. The van der Waals surface area contributed by atoms with Gasteiger partial charge >= 0.3 is 0 Å². The van der Waals surface area contributed by atoms with Crippen LogP contribution in [0.3, 0.4) is 0 Å². The molecule has 0 aliphatic rings. The molecule has 0 atom stereocenters. The summed E-state index contributed by atoms with van der Waals surface area (Å²) in [5, 5.41) is 3.82. The number of amides is 1. The van der Waals surface area contributed by atoms with E-state index in [1.807, 2.05) is 13.0 Å². The molecule has 0 aromatic heterocycles. The summed E-state index contributed by atoms with van der Waals surface area (Å²) in [5.41, 5.74) is 1.60. The summed E-state index contributed by atoms with van der Waals surface area (Å²) >= 11 is 11.8. The molecule has 0 spiro atoms. The van der Waals surface area contributed by atoms with Gasteiger partial charge in [-0.1, -0.05) is 29.3 Å². The van der Waals surface area contributed by atoms with Crippen LogP contribution in [0, 0.1) is 6.92 Å². The molecule has 104 valence electrons. The fourth-order valence-corrected chi connectivity index (χ4v) is 2.00. The molecule has 1 N–H and O–H groups in total. The maximum atomic E-state index is 11.8. The predicted octanol–water partition coefficient (Wildman–Crippen LogP) is 4.32. The molecule has 0 radical (unpaired) electrons. The molecule has 2 aromatic carbocycles. The van der Waals surface area contributed by atoms with Crippen LogP contribution in [0.4, 0.5) is 5.69 Å². The lowest BCUT2D eigenvalue weighted by molar-refractivity contribution is -0.118. The molecule has 20 heavy (non-hydrogen) atoms. The summed E-state index contributed by atoms with van der Waals surface area (Å²) in [6.07, 6.45) is 0. The van der Waals surface area contributed by atoms with Crippen LogP contribution in [0.1, 0.15) is 5.56 Å². The van der Waals surface area contributed by atoms with Crippen molar-refractivity contribution in [3.05, 3.63) is 58.1 Å². The van der Waals surface area contributed by atoms with Gasteiger partial charge in [-0.2, -0.15) is 0 Å². The zero-order valence-electron chi connectivity index (χ0n) is 10.8. The Morgan fingerprint density at radius 2 is 1.85 bits per heavy atom. The van der Waals surface area contributed by atoms with Gasteiger partial charge in [-0.05, 0) is 48.9 Å². The van der Waals surface area contributed by atoms with Gasteiger partial charge in [-0.15, -0.1) is 0 Å². The second-order valence-electron chi connectivity index (χ2n) is 4.27. The summed E-state index contributed by atoms with van der Waals surface area (Å²) < 4.78 is 5.34. The summed E-state index contributed by atoms with van der Waals surface area (Å²) in [6, 6.07) is 12.2. The van der Waals surface area contributed by atoms with Crippen molar-refractivity contribution in [1.82, 2.24) is 0 Å². The summed E-state index contributed by atoms with van der Waals surface area (Å²) in [4.78, 5) is 11.8. The van der Waals surface area contributed by atoms with Crippen molar-refractivity contribution >= 4 is 34.8 Å². The van der Waals surface area contributed by atoms with Gasteiger partial charge in [0.2, 0.25) is 0 Å². The van der Waals surface area contributed by atoms with Gasteiger partial charge in [-0.3, -0.25) is 4.79 Å². The molecule has 0 bridgehead atoms.